The van der Waals surface area contributed by atoms with E-state index in [1.54, 1.807) is 18.3 Å². The van der Waals surface area contributed by atoms with Crippen LogP contribution in [0.15, 0.2) is 48.7 Å². The van der Waals surface area contributed by atoms with Crippen molar-refractivity contribution in [1.29, 1.82) is 0 Å². The molecule has 3 N–H and O–H groups in total. The van der Waals surface area contributed by atoms with Crippen molar-refractivity contribution in [3.63, 3.8) is 0 Å². The average Bonchev–Trinajstić information content (AvgIpc) is 2.67. The molecule has 7 heteroatoms. The van der Waals surface area contributed by atoms with Gasteiger partial charge in [0, 0.05) is 25.0 Å². The van der Waals surface area contributed by atoms with Crippen LogP contribution in [-0.4, -0.2) is 42.6 Å². The quantitative estimate of drug-likeness (QED) is 0.835. The Kier molecular flexibility index (Phi) is 5.25. The van der Waals surface area contributed by atoms with Crippen LogP contribution in [0.25, 0.3) is 0 Å². The van der Waals surface area contributed by atoms with Crippen molar-refractivity contribution in [2.75, 3.05) is 24.6 Å². The van der Waals surface area contributed by atoms with Crippen LogP contribution in [0.2, 0.25) is 0 Å². The van der Waals surface area contributed by atoms with Crippen molar-refractivity contribution in [3.8, 4) is 0 Å². The molecule has 1 saturated heterocycles. The number of anilines is 1. The fourth-order valence-electron chi connectivity index (χ4n) is 2.66. The van der Waals surface area contributed by atoms with Crippen LogP contribution in [-0.2, 0) is 16.1 Å². The molecule has 2 heterocycles. The third kappa shape index (κ3) is 4.33. The van der Waals surface area contributed by atoms with Crippen molar-refractivity contribution in [1.82, 2.24) is 10.3 Å². The van der Waals surface area contributed by atoms with Crippen LogP contribution in [0.5, 0.6) is 0 Å². The number of primary amides is 1. The number of aromatic nitrogens is 1. The highest BCUT2D eigenvalue weighted by Gasteiger charge is 2.25. The lowest BCUT2D eigenvalue weighted by molar-refractivity contribution is -0.130. The SMILES string of the molecule is NC(=O)C1CN(c2ccnc(C(=O)NCc3ccccc3)c2)CCO1. The summed E-state index contributed by atoms with van der Waals surface area (Å²) in [5.41, 5.74) is 7.47. The van der Waals surface area contributed by atoms with E-state index in [9.17, 15) is 9.59 Å². The molecule has 1 aromatic carbocycles. The van der Waals surface area contributed by atoms with Gasteiger partial charge in [-0.25, -0.2) is 0 Å². The Balaban J connectivity index is 1.66. The predicted molar refractivity (Wildman–Crippen MR) is 93.0 cm³/mol. The first-order valence-electron chi connectivity index (χ1n) is 8.07. The second-order valence-electron chi connectivity index (χ2n) is 5.78. The molecule has 0 spiro atoms. The number of morpholine rings is 1. The minimum atomic E-state index is -0.641. The summed E-state index contributed by atoms with van der Waals surface area (Å²) in [4.78, 5) is 29.8. The van der Waals surface area contributed by atoms with Crippen molar-refractivity contribution >= 4 is 17.5 Å². The number of benzene rings is 1. The number of pyridine rings is 1. The Morgan fingerprint density at radius 3 is 2.84 bits per heavy atom. The number of nitrogens with two attached hydrogens (primary N) is 1. The smallest absolute Gasteiger partial charge is 0.270 e. The first-order valence-corrected chi connectivity index (χ1v) is 8.07. The average molecular weight is 340 g/mol. The number of hydrogen-bond donors (Lipinski definition) is 2. The maximum absolute atomic E-state index is 12.3. The third-order valence-corrected chi connectivity index (χ3v) is 4.02. The summed E-state index contributed by atoms with van der Waals surface area (Å²) < 4.78 is 5.35. The molecular formula is C18H20N4O3. The monoisotopic (exact) mass is 340 g/mol. The molecule has 1 aromatic heterocycles. The van der Waals surface area contributed by atoms with Crippen LogP contribution in [0, 0.1) is 0 Å². The molecular weight excluding hydrogens is 320 g/mol. The Labute approximate surface area is 145 Å². The van der Waals surface area contributed by atoms with E-state index < -0.39 is 12.0 Å². The number of carbonyl (C=O) groups excluding carboxylic acids is 2. The molecule has 25 heavy (non-hydrogen) atoms. The van der Waals surface area contributed by atoms with E-state index >= 15 is 0 Å². The van der Waals surface area contributed by atoms with E-state index in [0.29, 0.717) is 31.9 Å². The van der Waals surface area contributed by atoms with Gasteiger partial charge in [0.2, 0.25) is 5.91 Å². The Morgan fingerprint density at radius 1 is 1.28 bits per heavy atom. The maximum Gasteiger partial charge on any atom is 0.270 e. The van der Waals surface area contributed by atoms with Gasteiger partial charge < -0.3 is 20.7 Å². The van der Waals surface area contributed by atoms with Gasteiger partial charge in [-0.1, -0.05) is 30.3 Å². The van der Waals surface area contributed by atoms with E-state index in [0.717, 1.165) is 11.3 Å². The van der Waals surface area contributed by atoms with E-state index in [1.165, 1.54) is 0 Å². The fraction of sp³-hybridized carbons (Fsp3) is 0.278. The van der Waals surface area contributed by atoms with Crippen molar-refractivity contribution in [3.05, 3.63) is 59.9 Å². The molecule has 3 rings (SSSR count). The molecule has 0 aliphatic carbocycles. The van der Waals surface area contributed by atoms with Crippen LogP contribution >= 0.6 is 0 Å². The molecule has 1 fully saturated rings. The molecule has 130 valence electrons. The van der Waals surface area contributed by atoms with E-state index in [4.69, 9.17) is 10.5 Å². The zero-order chi connectivity index (χ0) is 17.6. The number of carbonyl (C=O) groups is 2. The lowest BCUT2D eigenvalue weighted by atomic mass is 10.2. The summed E-state index contributed by atoms with van der Waals surface area (Å²) in [5, 5.41) is 2.85. The minimum absolute atomic E-state index is 0.245. The number of nitrogens with one attached hydrogen (secondary N) is 1. The van der Waals surface area contributed by atoms with Gasteiger partial charge in [-0.05, 0) is 17.7 Å². The van der Waals surface area contributed by atoms with Gasteiger partial charge in [0.05, 0.1) is 13.2 Å². The van der Waals surface area contributed by atoms with Crippen LogP contribution in [0.1, 0.15) is 16.1 Å². The molecule has 1 aliphatic heterocycles. The van der Waals surface area contributed by atoms with Crippen LogP contribution < -0.4 is 16.0 Å². The molecule has 0 bridgehead atoms. The second-order valence-corrected chi connectivity index (χ2v) is 5.78. The fourth-order valence-corrected chi connectivity index (χ4v) is 2.66. The second kappa shape index (κ2) is 7.76. The van der Waals surface area contributed by atoms with Gasteiger partial charge in [0.1, 0.15) is 5.69 Å². The molecule has 1 atom stereocenters. The lowest BCUT2D eigenvalue weighted by Crippen LogP contribution is -2.48. The van der Waals surface area contributed by atoms with Gasteiger partial charge in [-0.3, -0.25) is 14.6 Å². The molecule has 2 amide bonds. The minimum Gasteiger partial charge on any atom is -0.367 e. The van der Waals surface area contributed by atoms with Crippen LogP contribution in [0.4, 0.5) is 5.69 Å². The number of nitrogens with zero attached hydrogens (tertiary/aromatic N) is 2. The predicted octanol–water partition coefficient (Wildman–Crippen LogP) is 0.702. The highest BCUT2D eigenvalue weighted by Crippen LogP contribution is 2.18. The summed E-state index contributed by atoms with van der Waals surface area (Å²) in [6.07, 6.45) is 0.943. The normalized spacial score (nSPS) is 17.1. The molecule has 0 saturated carbocycles. The highest BCUT2D eigenvalue weighted by molar-refractivity contribution is 5.93. The molecule has 1 aliphatic rings. The van der Waals surface area contributed by atoms with Gasteiger partial charge in [0.25, 0.3) is 5.91 Å². The van der Waals surface area contributed by atoms with Gasteiger partial charge in [-0.2, -0.15) is 0 Å². The standard InChI is InChI=1S/C18H20N4O3/c19-17(23)16-12-22(8-9-25-16)14-6-7-20-15(10-14)18(24)21-11-13-4-2-1-3-5-13/h1-7,10,16H,8-9,11-12H2,(H2,19,23)(H,21,24). The first kappa shape index (κ1) is 16.9. The Morgan fingerprint density at radius 2 is 2.08 bits per heavy atom. The number of amides is 2. The summed E-state index contributed by atoms with van der Waals surface area (Å²) in [6.45, 7) is 1.83. The Hall–Kier alpha value is -2.93. The summed E-state index contributed by atoms with van der Waals surface area (Å²) >= 11 is 0. The van der Waals surface area contributed by atoms with Crippen molar-refractivity contribution in [2.45, 2.75) is 12.6 Å². The maximum atomic E-state index is 12.3. The molecule has 2 aromatic rings. The molecule has 1 unspecified atom stereocenters. The van der Waals surface area contributed by atoms with Gasteiger partial charge in [-0.15, -0.1) is 0 Å². The van der Waals surface area contributed by atoms with E-state index in [1.807, 2.05) is 35.2 Å². The lowest BCUT2D eigenvalue weighted by Gasteiger charge is -2.33. The summed E-state index contributed by atoms with van der Waals surface area (Å²) in [5.74, 6) is -0.731. The van der Waals surface area contributed by atoms with Crippen LogP contribution in [0.3, 0.4) is 0 Å². The van der Waals surface area contributed by atoms with Crippen molar-refractivity contribution in [2.24, 2.45) is 5.73 Å². The largest absolute Gasteiger partial charge is 0.367 e. The van der Waals surface area contributed by atoms with Gasteiger partial charge >= 0.3 is 0 Å². The van der Waals surface area contributed by atoms with Crippen molar-refractivity contribution < 1.29 is 14.3 Å². The van der Waals surface area contributed by atoms with Gasteiger partial charge in [0.15, 0.2) is 6.10 Å². The zero-order valence-electron chi connectivity index (χ0n) is 13.7. The van der Waals surface area contributed by atoms with E-state index in [-0.39, 0.29) is 5.91 Å². The third-order valence-electron chi connectivity index (χ3n) is 4.02. The number of rotatable bonds is 5. The summed E-state index contributed by atoms with van der Waals surface area (Å²) in [7, 11) is 0. The first-order chi connectivity index (χ1) is 12.1. The Bertz CT molecular complexity index is 751. The topological polar surface area (TPSA) is 97.6 Å². The molecule has 0 radical (unpaired) electrons. The highest BCUT2D eigenvalue weighted by atomic mass is 16.5. The molecule has 7 nitrogen and oxygen atoms in total. The number of hydrogen-bond acceptors (Lipinski definition) is 5. The summed E-state index contributed by atoms with van der Waals surface area (Å²) in [6, 6.07) is 13.2. The number of ether oxygens (including phenoxy) is 1. The zero-order valence-corrected chi connectivity index (χ0v) is 13.7. The van der Waals surface area contributed by atoms with E-state index in [2.05, 4.69) is 10.3 Å².